The van der Waals surface area contributed by atoms with Crippen LogP contribution in [0, 0.1) is 0 Å². The predicted octanol–water partition coefficient (Wildman–Crippen LogP) is 4.36. The number of hydrogen-bond acceptors (Lipinski definition) is 7. The van der Waals surface area contributed by atoms with Gasteiger partial charge in [-0.15, -0.1) is 11.3 Å². The van der Waals surface area contributed by atoms with Gasteiger partial charge in [-0.3, -0.25) is 0 Å². The number of methoxy groups -OCH3 is 4. The van der Waals surface area contributed by atoms with Crippen molar-refractivity contribution in [3.63, 3.8) is 0 Å². The van der Waals surface area contributed by atoms with Gasteiger partial charge >= 0.3 is 12.0 Å². The van der Waals surface area contributed by atoms with Gasteiger partial charge < -0.3 is 29.6 Å². The number of carbonyl (C=O) groups is 2. The summed E-state index contributed by atoms with van der Waals surface area (Å²) >= 11 is 1.26. The second kappa shape index (κ2) is 8.70. The Morgan fingerprint density at radius 3 is 2.34 bits per heavy atom. The zero-order chi connectivity index (χ0) is 21.0. The van der Waals surface area contributed by atoms with E-state index in [-0.39, 0.29) is 0 Å². The lowest BCUT2D eigenvalue weighted by Crippen LogP contribution is -2.19. The molecule has 0 radical (unpaired) electrons. The molecule has 8 nitrogen and oxygen atoms in total. The van der Waals surface area contributed by atoms with E-state index in [1.54, 1.807) is 36.4 Å². The maximum Gasteiger partial charge on any atom is 0.351 e. The molecule has 152 valence electrons. The number of nitrogens with one attached hydrogen (secondary N) is 2. The van der Waals surface area contributed by atoms with Crippen molar-refractivity contribution in [1.29, 1.82) is 0 Å². The molecule has 0 aliphatic rings. The smallest absolute Gasteiger partial charge is 0.351 e. The fourth-order valence-corrected chi connectivity index (χ4v) is 3.85. The number of amides is 2. The summed E-state index contributed by atoms with van der Waals surface area (Å²) in [5, 5.41) is 6.20. The average molecular weight is 416 g/mol. The maximum atomic E-state index is 12.5. The Morgan fingerprint density at radius 2 is 1.69 bits per heavy atom. The minimum absolute atomic E-state index is 0.368. The molecular formula is C20H20N2O6S. The molecule has 29 heavy (non-hydrogen) atoms. The van der Waals surface area contributed by atoms with Crippen molar-refractivity contribution in [2.75, 3.05) is 39.1 Å². The Hall–Kier alpha value is -3.46. The molecule has 0 fully saturated rings. The van der Waals surface area contributed by atoms with E-state index in [9.17, 15) is 9.59 Å². The minimum Gasteiger partial charge on any atom is -0.497 e. The van der Waals surface area contributed by atoms with Crippen molar-refractivity contribution in [2.45, 2.75) is 0 Å². The lowest BCUT2D eigenvalue weighted by atomic mass is 10.2. The Balaban J connectivity index is 1.85. The fourth-order valence-electron chi connectivity index (χ4n) is 2.78. The predicted molar refractivity (Wildman–Crippen MR) is 112 cm³/mol. The molecule has 0 atom stereocenters. The van der Waals surface area contributed by atoms with Crippen molar-refractivity contribution < 1.29 is 28.5 Å². The molecule has 0 bridgehead atoms. The Bertz CT molecular complexity index is 1060. The molecular weight excluding hydrogens is 396 g/mol. The molecule has 9 heteroatoms. The number of hydrogen-bond donors (Lipinski definition) is 2. The van der Waals surface area contributed by atoms with E-state index >= 15 is 0 Å². The van der Waals surface area contributed by atoms with E-state index < -0.39 is 12.0 Å². The summed E-state index contributed by atoms with van der Waals surface area (Å²) in [5.74, 6) is 1.02. The third-order valence-electron chi connectivity index (χ3n) is 4.13. The van der Waals surface area contributed by atoms with E-state index in [0.29, 0.717) is 38.9 Å². The molecule has 0 unspecified atom stereocenters. The number of rotatable bonds is 6. The zero-order valence-corrected chi connectivity index (χ0v) is 17.1. The first-order valence-electron chi connectivity index (χ1n) is 8.49. The van der Waals surface area contributed by atoms with Crippen molar-refractivity contribution >= 4 is 44.8 Å². The second-order valence-corrected chi connectivity index (χ2v) is 6.86. The summed E-state index contributed by atoms with van der Waals surface area (Å²) in [7, 11) is 5.85. The number of urea groups is 1. The number of ether oxygens (including phenoxy) is 4. The van der Waals surface area contributed by atoms with Gasteiger partial charge in [-0.25, -0.2) is 9.59 Å². The minimum atomic E-state index is -0.472. The van der Waals surface area contributed by atoms with Crippen molar-refractivity contribution in [3.05, 3.63) is 41.3 Å². The molecule has 1 heterocycles. The lowest BCUT2D eigenvalue weighted by Gasteiger charge is -2.12. The van der Waals surface area contributed by atoms with Gasteiger partial charge in [0.15, 0.2) is 10.6 Å². The number of esters is 1. The van der Waals surface area contributed by atoms with Crippen LogP contribution in [0.15, 0.2) is 36.4 Å². The molecule has 2 amide bonds. The Kier molecular flexibility index (Phi) is 6.08. The van der Waals surface area contributed by atoms with Crippen LogP contribution in [0.3, 0.4) is 0 Å². The second-order valence-electron chi connectivity index (χ2n) is 5.81. The van der Waals surface area contributed by atoms with Crippen LogP contribution in [0.25, 0.3) is 10.1 Å². The first-order chi connectivity index (χ1) is 14.0. The van der Waals surface area contributed by atoms with Gasteiger partial charge in [0.1, 0.15) is 11.5 Å². The summed E-state index contributed by atoms with van der Waals surface area (Å²) in [4.78, 5) is 24.8. The molecule has 0 aliphatic carbocycles. The van der Waals surface area contributed by atoms with E-state index in [0.717, 1.165) is 4.70 Å². The highest BCUT2D eigenvalue weighted by Crippen LogP contribution is 2.39. The molecule has 3 rings (SSSR count). The number of anilines is 2. The molecule has 2 aromatic carbocycles. The van der Waals surface area contributed by atoms with Crippen LogP contribution in [0.4, 0.5) is 16.2 Å². The van der Waals surface area contributed by atoms with Gasteiger partial charge in [-0.05, 0) is 30.3 Å². The standard InChI is InChI=1S/C20H20N2O6S/c1-25-12-6-7-15(26-2)14(10-12)22-20(24)21-11-5-8-16-13(9-11)17(27-3)18(29-16)19(23)28-4/h5-10H,1-4H3,(H2,21,22,24). The summed E-state index contributed by atoms with van der Waals surface area (Å²) < 4.78 is 21.5. The highest BCUT2D eigenvalue weighted by molar-refractivity contribution is 7.21. The van der Waals surface area contributed by atoms with Crippen molar-refractivity contribution in [2.24, 2.45) is 0 Å². The fraction of sp³-hybridized carbons (Fsp3) is 0.200. The topological polar surface area (TPSA) is 95.1 Å². The van der Waals surface area contributed by atoms with Crippen molar-refractivity contribution in [3.8, 4) is 17.2 Å². The average Bonchev–Trinajstić information content (AvgIpc) is 3.10. The SMILES string of the molecule is COC(=O)c1sc2ccc(NC(=O)Nc3cc(OC)ccc3OC)cc2c1OC. The quantitative estimate of drug-likeness (QED) is 0.580. The van der Waals surface area contributed by atoms with E-state index in [1.807, 2.05) is 0 Å². The van der Waals surface area contributed by atoms with Crippen LogP contribution in [0.1, 0.15) is 9.67 Å². The maximum absolute atomic E-state index is 12.5. The lowest BCUT2D eigenvalue weighted by molar-refractivity contribution is 0.0603. The van der Waals surface area contributed by atoms with Crippen LogP contribution in [-0.4, -0.2) is 40.4 Å². The Morgan fingerprint density at radius 1 is 0.897 bits per heavy atom. The summed E-state index contributed by atoms with van der Waals surface area (Å²) in [6.07, 6.45) is 0. The molecule has 0 aliphatic heterocycles. The highest BCUT2D eigenvalue weighted by atomic mass is 32.1. The first kappa shape index (κ1) is 20.3. The monoisotopic (exact) mass is 416 g/mol. The van der Waals surface area contributed by atoms with Gasteiger partial charge in [-0.1, -0.05) is 0 Å². The van der Waals surface area contributed by atoms with Crippen LogP contribution in [-0.2, 0) is 4.74 Å². The molecule has 1 aromatic heterocycles. The van der Waals surface area contributed by atoms with Gasteiger partial charge in [0.2, 0.25) is 0 Å². The third kappa shape index (κ3) is 4.19. The van der Waals surface area contributed by atoms with Gasteiger partial charge in [0.05, 0.1) is 34.1 Å². The van der Waals surface area contributed by atoms with E-state index in [2.05, 4.69) is 10.6 Å². The zero-order valence-electron chi connectivity index (χ0n) is 16.3. The first-order valence-corrected chi connectivity index (χ1v) is 9.31. The number of benzene rings is 2. The normalized spacial score (nSPS) is 10.3. The summed E-state index contributed by atoms with van der Waals surface area (Å²) in [5.41, 5.74) is 0.996. The van der Waals surface area contributed by atoms with Gasteiger partial charge in [0, 0.05) is 21.8 Å². The molecule has 0 saturated carbocycles. The number of carbonyl (C=O) groups excluding carboxylic acids is 2. The summed E-state index contributed by atoms with van der Waals surface area (Å²) in [6.45, 7) is 0. The molecule has 2 N–H and O–H groups in total. The third-order valence-corrected chi connectivity index (χ3v) is 5.26. The van der Waals surface area contributed by atoms with E-state index in [4.69, 9.17) is 18.9 Å². The number of thiophene rings is 1. The van der Waals surface area contributed by atoms with Gasteiger partial charge in [-0.2, -0.15) is 0 Å². The largest absolute Gasteiger partial charge is 0.497 e. The van der Waals surface area contributed by atoms with E-state index in [1.165, 1.54) is 39.8 Å². The molecule has 0 spiro atoms. The molecule has 3 aromatic rings. The summed E-state index contributed by atoms with van der Waals surface area (Å²) in [6, 6.07) is 9.91. The Labute approximate surface area is 171 Å². The highest BCUT2D eigenvalue weighted by Gasteiger charge is 2.20. The van der Waals surface area contributed by atoms with Crippen LogP contribution < -0.4 is 24.8 Å². The van der Waals surface area contributed by atoms with Crippen LogP contribution in [0.5, 0.6) is 17.2 Å². The van der Waals surface area contributed by atoms with Gasteiger partial charge in [0.25, 0.3) is 0 Å². The van der Waals surface area contributed by atoms with Crippen LogP contribution >= 0.6 is 11.3 Å². The molecule has 0 saturated heterocycles. The number of fused-ring (bicyclic) bond motifs is 1. The van der Waals surface area contributed by atoms with Crippen molar-refractivity contribution in [1.82, 2.24) is 0 Å². The van der Waals surface area contributed by atoms with Crippen LogP contribution in [0.2, 0.25) is 0 Å².